The summed E-state index contributed by atoms with van der Waals surface area (Å²) >= 11 is 0. The Morgan fingerprint density at radius 3 is 2.57 bits per heavy atom. The molecule has 0 spiro atoms. The van der Waals surface area contributed by atoms with Gasteiger partial charge in [0.2, 0.25) is 11.8 Å². The van der Waals surface area contributed by atoms with Gasteiger partial charge < -0.3 is 10.2 Å². The third-order valence-corrected chi connectivity index (χ3v) is 6.21. The van der Waals surface area contributed by atoms with Crippen LogP contribution >= 0.6 is 0 Å². The Kier molecular flexibility index (Phi) is 7.54. The molecule has 1 aliphatic heterocycles. The first-order chi connectivity index (χ1) is 13.1. The molecular formula is C19H28FN3O4S. The number of hydrogen-bond donors (Lipinski definition) is 1. The van der Waals surface area contributed by atoms with E-state index < -0.39 is 15.7 Å². The zero-order valence-corrected chi connectivity index (χ0v) is 17.3. The second-order valence-electron chi connectivity index (χ2n) is 7.73. The number of carbonyl (C=O) groups is 2. The molecule has 1 N–H and O–H groups in total. The second-order valence-corrected chi connectivity index (χ2v) is 9.96. The standard InChI is InChI=1S/C19H28FN3O4S/c1-14(2)10-23(17-7-8-28(26,27)13-17)19(25)12-22(3)11-18(24)21-16-6-4-5-15(20)9-16/h4-6,9,14,17H,7-8,10-13H2,1-3H3,(H,21,24)/t17-/m0/s1. The Balaban J connectivity index is 1.93. The normalized spacial score (nSPS) is 18.4. The third-order valence-electron chi connectivity index (χ3n) is 4.46. The van der Waals surface area contributed by atoms with E-state index in [9.17, 15) is 22.4 Å². The van der Waals surface area contributed by atoms with Crippen molar-refractivity contribution in [2.45, 2.75) is 26.3 Å². The van der Waals surface area contributed by atoms with Gasteiger partial charge in [-0.2, -0.15) is 0 Å². The van der Waals surface area contributed by atoms with E-state index in [1.54, 1.807) is 22.9 Å². The number of anilines is 1. The molecule has 1 heterocycles. The fraction of sp³-hybridized carbons (Fsp3) is 0.579. The summed E-state index contributed by atoms with van der Waals surface area (Å²) in [6, 6.07) is 5.27. The molecule has 1 saturated heterocycles. The van der Waals surface area contributed by atoms with Crippen LogP contribution in [0.4, 0.5) is 10.1 Å². The van der Waals surface area contributed by atoms with Gasteiger partial charge in [0.25, 0.3) is 0 Å². The Morgan fingerprint density at radius 2 is 2.00 bits per heavy atom. The number of hydrogen-bond acceptors (Lipinski definition) is 5. The van der Waals surface area contributed by atoms with Gasteiger partial charge in [0.15, 0.2) is 9.84 Å². The van der Waals surface area contributed by atoms with E-state index in [1.807, 2.05) is 13.8 Å². The molecule has 156 valence electrons. The maximum atomic E-state index is 13.2. The van der Waals surface area contributed by atoms with Gasteiger partial charge in [0.1, 0.15) is 5.82 Å². The Hall–Kier alpha value is -2.00. The lowest BCUT2D eigenvalue weighted by molar-refractivity contribution is -0.134. The van der Waals surface area contributed by atoms with Gasteiger partial charge in [0, 0.05) is 18.3 Å². The molecule has 7 nitrogen and oxygen atoms in total. The number of benzene rings is 1. The molecule has 0 radical (unpaired) electrons. The van der Waals surface area contributed by atoms with Crippen LogP contribution in [-0.4, -0.2) is 74.3 Å². The maximum absolute atomic E-state index is 13.2. The number of carbonyl (C=O) groups excluding carboxylic acids is 2. The van der Waals surface area contributed by atoms with Gasteiger partial charge in [-0.3, -0.25) is 14.5 Å². The first-order valence-electron chi connectivity index (χ1n) is 9.29. The summed E-state index contributed by atoms with van der Waals surface area (Å²) in [7, 11) is -1.46. The molecule has 0 saturated carbocycles. The highest BCUT2D eigenvalue weighted by atomic mass is 32.2. The second kappa shape index (κ2) is 9.47. The monoisotopic (exact) mass is 413 g/mol. The highest BCUT2D eigenvalue weighted by molar-refractivity contribution is 7.91. The number of sulfone groups is 1. The van der Waals surface area contributed by atoms with Crippen LogP contribution in [0, 0.1) is 11.7 Å². The average Bonchev–Trinajstić information content (AvgIpc) is 2.91. The van der Waals surface area contributed by atoms with Crippen LogP contribution in [0.15, 0.2) is 24.3 Å². The molecule has 1 atom stereocenters. The van der Waals surface area contributed by atoms with Crippen molar-refractivity contribution >= 4 is 27.3 Å². The predicted molar refractivity (Wildman–Crippen MR) is 106 cm³/mol. The van der Waals surface area contributed by atoms with Gasteiger partial charge in [0.05, 0.1) is 24.6 Å². The SMILES string of the molecule is CC(C)CN(C(=O)CN(C)CC(=O)Nc1cccc(F)c1)[C@H]1CCS(=O)(=O)C1. The topological polar surface area (TPSA) is 86.8 Å². The largest absolute Gasteiger partial charge is 0.337 e. The molecule has 1 aliphatic rings. The maximum Gasteiger partial charge on any atom is 0.238 e. The van der Waals surface area contributed by atoms with E-state index in [0.29, 0.717) is 18.7 Å². The number of nitrogens with one attached hydrogen (secondary N) is 1. The van der Waals surface area contributed by atoms with Crippen molar-refractivity contribution in [1.82, 2.24) is 9.80 Å². The van der Waals surface area contributed by atoms with Gasteiger partial charge in [-0.1, -0.05) is 19.9 Å². The summed E-state index contributed by atoms with van der Waals surface area (Å²) in [5.41, 5.74) is 0.349. The molecule has 0 bridgehead atoms. The number of likely N-dealkylation sites (N-methyl/N-ethyl adjacent to an activating group) is 1. The Labute approximate surface area is 165 Å². The Bertz CT molecular complexity index is 813. The zero-order valence-electron chi connectivity index (χ0n) is 16.5. The highest BCUT2D eigenvalue weighted by Gasteiger charge is 2.35. The van der Waals surface area contributed by atoms with E-state index in [1.165, 1.54) is 18.2 Å². The van der Waals surface area contributed by atoms with Crippen molar-refractivity contribution in [3.8, 4) is 0 Å². The van der Waals surface area contributed by atoms with E-state index in [0.717, 1.165) is 0 Å². The van der Waals surface area contributed by atoms with Crippen molar-refractivity contribution in [1.29, 1.82) is 0 Å². The lowest BCUT2D eigenvalue weighted by atomic mass is 10.1. The van der Waals surface area contributed by atoms with Crippen LogP contribution in [0.1, 0.15) is 20.3 Å². The number of nitrogens with zero attached hydrogens (tertiary/aromatic N) is 2. The summed E-state index contributed by atoms with van der Waals surface area (Å²) < 4.78 is 36.8. The van der Waals surface area contributed by atoms with E-state index in [4.69, 9.17) is 0 Å². The predicted octanol–water partition coefficient (Wildman–Crippen LogP) is 1.37. The average molecular weight is 414 g/mol. The zero-order chi connectivity index (χ0) is 20.9. The summed E-state index contributed by atoms with van der Waals surface area (Å²) in [5.74, 6) is -0.705. The summed E-state index contributed by atoms with van der Waals surface area (Å²) in [6.45, 7) is 4.38. The van der Waals surface area contributed by atoms with Crippen LogP contribution in [0.5, 0.6) is 0 Å². The van der Waals surface area contributed by atoms with Crippen LogP contribution in [0.3, 0.4) is 0 Å². The number of rotatable bonds is 8. The summed E-state index contributed by atoms with van der Waals surface area (Å²) in [5, 5.41) is 2.59. The smallest absolute Gasteiger partial charge is 0.238 e. The molecule has 2 amide bonds. The highest BCUT2D eigenvalue weighted by Crippen LogP contribution is 2.19. The van der Waals surface area contributed by atoms with Gasteiger partial charge in [-0.25, -0.2) is 12.8 Å². The molecule has 9 heteroatoms. The van der Waals surface area contributed by atoms with Crippen LogP contribution in [0.25, 0.3) is 0 Å². The fourth-order valence-corrected chi connectivity index (χ4v) is 4.99. The molecule has 2 rings (SSSR count). The third kappa shape index (κ3) is 6.87. The molecule has 0 aliphatic carbocycles. The molecule has 1 fully saturated rings. The van der Waals surface area contributed by atoms with E-state index >= 15 is 0 Å². The minimum atomic E-state index is -3.10. The molecular weight excluding hydrogens is 385 g/mol. The van der Waals surface area contributed by atoms with Crippen molar-refractivity contribution in [3.63, 3.8) is 0 Å². The molecule has 0 unspecified atom stereocenters. The van der Waals surface area contributed by atoms with E-state index in [2.05, 4.69) is 5.32 Å². The van der Waals surface area contributed by atoms with Gasteiger partial charge in [-0.15, -0.1) is 0 Å². The summed E-state index contributed by atoms with van der Waals surface area (Å²) in [4.78, 5) is 28.1. The van der Waals surface area contributed by atoms with Crippen molar-refractivity contribution < 1.29 is 22.4 Å². The number of amides is 2. The minimum Gasteiger partial charge on any atom is -0.337 e. The molecule has 1 aromatic carbocycles. The lowest BCUT2D eigenvalue weighted by Crippen LogP contribution is -2.48. The molecule has 0 aromatic heterocycles. The van der Waals surface area contributed by atoms with Crippen LogP contribution in [-0.2, 0) is 19.4 Å². The van der Waals surface area contributed by atoms with Crippen molar-refractivity contribution in [2.75, 3.05) is 43.5 Å². The lowest BCUT2D eigenvalue weighted by Gasteiger charge is -2.31. The van der Waals surface area contributed by atoms with Crippen molar-refractivity contribution in [3.05, 3.63) is 30.1 Å². The molecule has 1 aromatic rings. The van der Waals surface area contributed by atoms with Crippen LogP contribution in [0.2, 0.25) is 0 Å². The van der Waals surface area contributed by atoms with Gasteiger partial charge in [-0.05, 0) is 37.6 Å². The van der Waals surface area contributed by atoms with Gasteiger partial charge >= 0.3 is 0 Å². The Morgan fingerprint density at radius 1 is 1.29 bits per heavy atom. The quantitative estimate of drug-likeness (QED) is 0.696. The molecule has 28 heavy (non-hydrogen) atoms. The minimum absolute atomic E-state index is 0.000160. The number of halogens is 1. The fourth-order valence-electron chi connectivity index (χ4n) is 3.26. The first-order valence-corrected chi connectivity index (χ1v) is 11.1. The summed E-state index contributed by atoms with van der Waals surface area (Å²) in [6.07, 6.45) is 0.449. The van der Waals surface area contributed by atoms with Crippen molar-refractivity contribution in [2.24, 2.45) is 5.92 Å². The van der Waals surface area contributed by atoms with Crippen LogP contribution < -0.4 is 5.32 Å². The first kappa shape index (κ1) is 22.3. The van der Waals surface area contributed by atoms with E-state index in [-0.39, 0.29) is 48.4 Å².